The van der Waals surface area contributed by atoms with Crippen LogP contribution in [0.3, 0.4) is 0 Å². The normalized spacial score (nSPS) is 24.1. The summed E-state index contributed by atoms with van der Waals surface area (Å²) in [6.45, 7) is 3.05. The van der Waals surface area contributed by atoms with Gasteiger partial charge < -0.3 is 5.32 Å². The fourth-order valence-electron chi connectivity index (χ4n) is 4.71. The highest BCUT2D eigenvalue weighted by Gasteiger charge is 2.51. The third kappa shape index (κ3) is 5.64. The van der Waals surface area contributed by atoms with Crippen molar-refractivity contribution in [2.75, 3.05) is 23.7 Å². The molecule has 7 nitrogen and oxygen atoms in total. The first kappa shape index (κ1) is 25.0. The topological polar surface area (TPSA) is 86.8 Å². The maximum absolute atomic E-state index is 13.7. The molecule has 0 bridgehead atoms. The summed E-state index contributed by atoms with van der Waals surface area (Å²) in [6, 6.07) is 6.80. The number of hydrogen-bond acceptors (Lipinski definition) is 4. The van der Waals surface area contributed by atoms with Crippen molar-refractivity contribution in [3.63, 3.8) is 0 Å². The average Bonchev–Trinajstić information content (AvgIpc) is 2.69. The Bertz CT molecular complexity index is 931. The van der Waals surface area contributed by atoms with E-state index in [1.807, 2.05) is 0 Å². The summed E-state index contributed by atoms with van der Waals surface area (Å²) >= 11 is 6.17. The maximum Gasteiger partial charge on any atom is 0.247 e. The molecule has 0 unspecified atom stereocenters. The SMILES string of the molecule is CCCS(=O)(=O)N1CC(=O)N(c2cccc(Cl)c2)[C@](C)(C(=O)NC2CCCCCCC2)C1. The van der Waals surface area contributed by atoms with Crippen LogP contribution in [0.25, 0.3) is 0 Å². The Morgan fingerprint density at radius 2 is 1.84 bits per heavy atom. The van der Waals surface area contributed by atoms with Gasteiger partial charge in [0.25, 0.3) is 0 Å². The van der Waals surface area contributed by atoms with Gasteiger partial charge in [-0.3, -0.25) is 14.5 Å². The largest absolute Gasteiger partial charge is 0.351 e. The number of sulfonamides is 1. The molecular weight excluding hydrogens is 450 g/mol. The van der Waals surface area contributed by atoms with E-state index >= 15 is 0 Å². The molecule has 0 aromatic heterocycles. The molecule has 2 aliphatic rings. The number of nitrogens with one attached hydrogen (secondary N) is 1. The third-order valence-corrected chi connectivity index (χ3v) is 8.59. The van der Waals surface area contributed by atoms with E-state index < -0.39 is 21.5 Å². The lowest BCUT2D eigenvalue weighted by atomic mass is 9.92. The zero-order valence-electron chi connectivity index (χ0n) is 19.0. The molecule has 1 atom stereocenters. The van der Waals surface area contributed by atoms with Gasteiger partial charge in [-0.25, -0.2) is 8.42 Å². The van der Waals surface area contributed by atoms with Crippen LogP contribution in [0.4, 0.5) is 5.69 Å². The van der Waals surface area contributed by atoms with Crippen LogP contribution in [0, 0.1) is 0 Å². The minimum Gasteiger partial charge on any atom is -0.351 e. The van der Waals surface area contributed by atoms with Gasteiger partial charge in [-0.2, -0.15) is 4.31 Å². The standard InChI is InChI=1S/C23H34ClN3O4S/c1-3-14-32(30,31)26-16-21(28)27(20-13-9-10-18(24)15-20)23(2,17-26)22(29)25-19-11-7-5-4-6-8-12-19/h9-10,13,15,19H,3-8,11-12,14,16-17H2,1-2H3,(H,25,29)/t23-/m0/s1. The van der Waals surface area contributed by atoms with E-state index in [1.165, 1.54) is 11.3 Å². The molecule has 0 radical (unpaired) electrons. The van der Waals surface area contributed by atoms with Gasteiger partial charge in [-0.15, -0.1) is 0 Å². The van der Waals surface area contributed by atoms with Crippen LogP contribution in [0.1, 0.15) is 65.2 Å². The van der Waals surface area contributed by atoms with Crippen LogP contribution < -0.4 is 10.2 Å². The molecule has 3 rings (SSSR count). The van der Waals surface area contributed by atoms with Crippen molar-refractivity contribution < 1.29 is 18.0 Å². The van der Waals surface area contributed by atoms with E-state index in [4.69, 9.17) is 11.6 Å². The maximum atomic E-state index is 13.7. The number of piperazine rings is 1. The number of hydrogen-bond donors (Lipinski definition) is 1. The van der Waals surface area contributed by atoms with Crippen LogP contribution in [0.2, 0.25) is 5.02 Å². The molecule has 1 N–H and O–H groups in total. The van der Waals surface area contributed by atoms with Gasteiger partial charge in [0.2, 0.25) is 21.8 Å². The molecule has 1 saturated carbocycles. The summed E-state index contributed by atoms with van der Waals surface area (Å²) in [6.07, 6.45) is 7.86. The van der Waals surface area contributed by atoms with Crippen molar-refractivity contribution in [2.24, 2.45) is 0 Å². The quantitative estimate of drug-likeness (QED) is 0.668. The monoisotopic (exact) mass is 483 g/mol. The molecule has 0 spiro atoms. The summed E-state index contributed by atoms with van der Waals surface area (Å²) in [7, 11) is -3.65. The Kier molecular flexibility index (Phi) is 8.22. The van der Waals surface area contributed by atoms with E-state index in [9.17, 15) is 18.0 Å². The zero-order chi connectivity index (χ0) is 23.4. The number of nitrogens with zero attached hydrogens (tertiary/aromatic N) is 2. The summed E-state index contributed by atoms with van der Waals surface area (Å²) in [4.78, 5) is 28.4. The molecule has 1 aromatic carbocycles. The molecular formula is C23H34ClN3O4S. The Balaban J connectivity index is 1.95. The molecule has 32 heavy (non-hydrogen) atoms. The second-order valence-corrected chi connectivity index (χ2v) is 11.6. The molecule has 1 heterocycles. The van der Waals surface area contributed by atoms with Crippen LogP contribution in [-0.4, -0.2) is 55.0 Å². The number of amides is 2. The lowest BCUT2D eigenvalue weighted by Gasteiger charge is -2.47. The molecule has 2 fully saturated rings. The summed E-state index contributed by atoms with van der Waals surface area (Å²) < 4.78 is 26.8. The highest BCUT2D eigenvalue weighted by molar-refractivity contribution is 7.89. The van der Waals surface area contributed by atoms with E-state index in [0.29, 0.717) is 17.1 Å². The van der Waals surface area contributed by atoms with Crippen molar-refractivity contribution in [1.82, 2.24) is 9.62 Å². The average molecular weight is 484 g/mol. The number of rotatable bonds is 6. The second-order valence-electron chi connectivity index (χ2n) is 9.08. The lowest BCUT2D eigenvalue weighted by Crippen LogP contribution is -2.71. The van der Waals surface area contributed by atoms with Crippen molar-refractivity contribution >= 4 is 39.1 Å². The smallest absolute Gasteiger partial charge is 0.247 e. The van der Waals surface area contributed by atoms with Gasteiger partial charge in [0.1, 0.15) is 5.54 Å². The molecule has 2 amide bonds. The van der Waals surface area contributed by atoms with Gasteiger partial charge in [-0.1, -0.05) is 56.7 Å². The molecule has 1 aromatic rings. The first-order chi connectivity index (χ1) is 15.2. The fourth-order valence-corrected chi connectivity index (χ4v) is 6.42. The van der Waals surface area contributed by atoms with Crippen molar-refractivity contribution in [3.8, 4) is 0 Å². The molecule has 1 saturated heterocycles. The van der Waals surface area contributed by atoms with Crippen molar-refractivity contribution in [3.05, 3.63) is 29.3 Å². The third-order valence-electron chi connectivity index (χ3n) is 6.39. The fraction of sp³-hybridized carbons (Fsp3) is 0.652. The van der Waals surface area contributed by atoms with Crippen molar-refractivity contribution in [1.29, 1.82) is 0 Å². The van der Waals surface area contributed by atoms with Crippen LogP contribution >= 0.6 is 11.6 Å². The van der Waals surface area contributed by atoms with Crippen LogP contribution in [0.15, 0.2) is 24.3 Å². The first-order valence-corrected chi connectivity index (χ1v) is 13.5. The molecule has 9 heteroatoms. The number of benzene rings is 1. The summed E-state index contributed by atoms with van der Waals surface area (Å²) in [5.74, 6) is -0.820. The molecule has 178 valence electrons. The predicted octanol–water partition coefficient (Wildman–Crippen LogP) is 3.72. The Morgan fingerprint density at radius 3 is 2.47 bits per heavy atom. The first-order valence-electron chi connectivity index (χ1n) is 11.5. The Labute approximate surface area is 196 Å². The van der Waals surface area contributed by atoms with Crippen LogP contribution in [0.5, 0.6) is 0 Å². The van der Waals surface area contributed by atoms with Crippen molar-refractivity contribution in [2.45, 2.75) is 76.8 Å². The highest BCUT2D eigenvalue weighted by Crippen LogP contribution is 2.32. The van der Waals surface area contributed by atoms with Gasteiger partial charge in [0.15, 0.2) is 0 Å². The minimum atomic E-state index is -3.65. The molecule has 1 aliphatic carbocycles. The highest BCUT2D eigenvalue weighted by atomic mass is 35.5. The number of anilines is 1. The number of halogens is 1. The lowest BCUT2D eigenvalue weighted by molar-refractivity contribution is -0.133. The second kappa shape index (κ2) is 10.5. The zero-order valence-corrected chi connectivity index (χ0v) is 20.6. The Hall–Kier alpha value is -1.64. The minimum absolute atomic E-state index is 0.0264. The molecule has 1 aliphatic heterocycles. The van der Waals surface area contributed by atoms with E-state index in [0.717, 1.165) is 42.8 Å². The van der Waals surface area contributed by atoms with Gasteiger partial charge in [-0.05, 0) is 44.4 Å². The van der Waals surface area contributed by atoms with E-state index in [-0.39, 0.29) is 30.8 Å². The van der Waals surface area contributed by atoms with Gasteiger partial charge >= 0.3 is 0 Å². The number of carbonyl (C=O) groups is 2. The summed E-state index contributed by atoms with van der Waals surface area (Å²) in [5.41, 5.74) is -0.895. The summed E-state index contributed by atoms with van der Waals surface area (Å²) in [5, 5.41) is 3.59. The van der Waals surface area contributed by atoms with Gasteiger partial charge in [0, 0.05) is 23.3 Å². The van der Waals surface area contributed by atoms with E-state index in [2.05, 4.69) is 5.32 Å². The van der Waals surface area contributed by atoms with E-state index in [1.54, 1.807) is 38.1 Å². The predicted molar refractivity (Wildman–Crippen MR) is 127 cm³/mol. The van der Waals surface area contributed by atoms with Gasteiger partial charge in [0.05, 0.1) is 12.3 Å². The Morgan fingerprint density at radius 1 is 1.19 bits per heavy atom. The van der Waals surface area contributed by atoms with Crippen LogP contribution in [-0.2, 0) is 19.6 Å². The number of carbonyl (C=O) groups excluding carboxylic acids is 2.